The highest BCUT2D eigenvalue weighted by Crippen LogP contribution is 2.40. The van der Waals surface area contributed by atoms with Crippen LogP contribution in [-0.4, -0.2) is 12.0 Å². The van der Waals surface area contributed by atoms with Gasteiger partial charge in [0.25, 0.3) is 0 Å². The Kier molecular flexibility index (Phi) is 3.45. The second-order valence-corrected chi connectivity index (χ2v) is 4.61. The number of furan rings is 1. The van der Waals surface area contributed by atoms with E-state index in [1.807, 2.05) is 0 Å². The lowest BCUT2D eigenvalue weighted by atomic mass is 10.1. The number of carbonyl (C=O) groups excluding carboxylic acids is 1. The molecule has 100 valence electrons. The number of fused-ring (bicyclic) bond motifs is 1. The summed E-state index contributed by atoms with van der Waals surface area (Å²) in [4.78, 5) is 12.2. The number of benzene rings is 1. The maximum Gasteiger partial charge on any atom is 0.420 e. The Balaban J connectivity index is 2.80. The molecule has 1 aromatic carbocycles. The summed E-state index contributed by atoms with van der Waals surface area (Å²) in [6, 6.07) is 4.35. The highest BCUT2D eigenvalue weighted by molar-refractivity contribution is 7.98. The molecule has 0 N–H and O–H groups in total. The van der Waals surface area contributed by atoms with Crippen molar-refractivity contribution in [1.82, 2.24) is 0 Å². The zero-order chi connectivity index (χ0) is 14.2. The molecule has 0 aliphatic carbocycles. The minimum Gasteiger partial charge on any atom is -0.452 e. The molecular formula is C13H9F3O2S. The van der Waals surface area contributed by atoms with Gasteiger partial charge in [-0.15, -0.1) is 11.8 Å². The van der Waals surface area contributed by atoms with Crippen LogP contribution in [0.15, 0.2) is 40.2 Å². The van der Waals surface area contributed by atoms with Gasteiger partial charge in [-0.25, -0.2) is 0 Å². The molecule has 0 unspecified atom stereocenters. The van der Waals surface area contributed by atoms with Crippen LogP contribution in [0.1, 0.15) is 16.1 Å². The van der Waals surface area contributed by atoms with Gasteiger partial charge in [-0.3, -0.25) is 4.79 Å². The summed E-state index contributed by atoms with van der Waals surface area (Å²) in [5.74, 6) is -1.59. The third-order valence-electron chi connectivity index (χ3n) is 2.59. The Morgan fingerprint density at radius 2 is 2.11 bits per heavy atom. The molecule has 1 aromatic heterocycles. The van der Waals surface area contributed by atoms with E-state index in [1.165, 1.54) is 23.9 Å². The van der Waals surface area contributed by atoms with Crippen LogP contribution in [0.2, 0.25) is 0 Å². The van der Waals surface area contributed by atoms with Crippen LogP contribution in [0.3, 0.4) is 0 Å². The first kappa shape index (κ1) is 13.7. The minimum atomic E-state index is -4.65. The number of rotatable bonds is 3. The summed E-state index contributed by atoms with van der Waals surface area (Å²) in [6.45, 7) is 3.18. The van der Waals surface area contributed by atoms with Gasteiger partial charge >= 0.3 is 6.18 Å². The average Bonchev–Trinajstić information content (AvgIpc) is 2.75. The van der Waals surface area contributed by atoms with Crippen molar-refractivity contribution in [3.8, 4) is 0 Å². The van der Waals surface area contributed by atoms with Crippen molar-refractivity contribution in [2.45, 2.75) is 11.1 Å². The van der Waals surface area contributed by atoms with Crippen LogP contribution in [-0.2, 0) is 6.18 Å². The lowest BCUT2D eigenvalue weighted by molar-refractivity contribution is -0.137. The number of ketones is 1. The van der Waals surface area contributed by atoms with Crippen molar-refractivity contribution in [2.24, 2.45) is 0 Å². The molecule has 0 radical (unpaired) electrons. The van der Waals surface area contributed by atoms with Crippen LogP contribution in [0.5, 0.6) is 0 Å². The predicted octanol–water partition coefficient (Wildman–Crippen LogP) is 4.54. The van der Waals surface area contributed by atoms with E-state index >= 15 is 0 Å². The number of halogens is 3. The Morgan fingerprint density at radius 3 is 2.63 bits per heavy atom. The van der Waals surface area contributed by atoms with Crippen molar-refractivity contribution in [3.05, 3.63) is 42.2 Å². The van der Waals surface area contributed by atoms with Crippen LogP contribution < -0.4 is 0 Å². The third kappa shape index (κ3) is 2.40. The van der Waals surface area contributed by atoms with Gasteiger partial charge in [-0.05, 0) is 30.5 Å². The number of allylic oxidation sites excluding steroid dienone is 1. The fourth-order valence-electron chi connectivity index (χ4n) is 1.75. The largest absolute Gasteiger partial charge is 0.452 e. The normalized spacial score (nSPS) is 11.8. The Labute approximate surface area is 111 Å². The van der Waals surface area contributed by atoms with E-state index in [2.05, 4.69) is 6.58 Å². The maximum absolute atomic E-state index is 13.0. The molecule has 0 amide bonds. The molecule has 0 fully saturated rings. The van der Waals surface area contributed by atoms with E-state index in [9.17, 15) is 18.0 Å². The quantitative estimate of drug-likeness (QED) is 0.471. The highest BCUT2D eigenvalue weighted by Gasteiger charge is 2.40. The molecule has 2 nitrogen and oxygen atoms in total. The first-order valence-corrected chi connectivity index (χ1v) is 6.45. The van der Waals surface area contributed by atoms with Gasteiger partial charge in [-0.2, -0.15) is 13.2 Å². The zero-order valence-electron chi connectivity index (χ0n) is 9.88. The van der Waals surface area contributed by atoms with Crippen molar-refractivity contribution in [3.63, 3.8) is 0 Å². The standard InChI is InChI=1S/C13H9F3O2S/c1-3-9(17)12-11(13(14,15)16)8-5-4-7(19-2)6-10(8)18-12/h3-6H,1H2,2H3. The van der Waals surface area contributed by atoms with Gasteiger partial charge in [0, 0.05) is 10.3 Å². The first-order chi connectivity index (χ1) is 8.88. The van der Waals surface area contributed by atoms with Crippen molar-refractivity contribution in [2.75, 3.05) is 6.26 Å². The summed E-state index contributed by atoms with van der Waals surface area (Å²) >= 11 is 1.37. The Bertz CT molecular complexity index is 656. The molecular weight excluding hydrogens is 277 g/mol. The second kappa shape index (κ2) is 4.77. The monoisotopic (exact) mass is 286 g/mol. The third-order valence-corrected chi connectivity index (χ3v) is 3.32. The smallest absolute Gasteiger partial charge is 0.420 e. The van der Waals surface area contributed by atoms with Crippen molar-refractivity contribution in [1.29, 1.82) is 0 Å². The highest BCUT2D eigenvalue weighted by atomic mass is 32.2. The van der Waals surface area contributed by atoms with E-state index in [-0.39, 0.29) is 11.0 Å². The molecule has 2 aromatic rings. The van der Waals surface area contributed by atoms with Gasteiger partial charge in [0.05, 0.1) is 0 Å². The van der Waals surface area contributed by atoms with E-state index < -0.39 is 23.3 Å². The van der Waals surface area contributed by atoms with Gasteiger partial charge < -0.3 is 4.42 Å². The second-order valence-electron chi connectivity index (χ2n) is 3.73. The van der Waals surface area contributed by atoms with Crippen molar-refractivity contribution >= 4 is 28.5 Å². The number of hydrogen-bond acceptors (Lipinski definition) is 3. The molecule has 0 saturated carbocycles. The number of thioether (sulfide) groups is 1. The summed E-state index contributed by atoms with van der Waals surface area (Å²) in [7, 11) is 0. The number of carbonyl (C=O) groups is 1. The molecule has 0 saturated heterocycles. The van der Waals surface area contributed by atoms with E-state index in [0.29, 0.717) is 0 Å². The lowest BCUT2D eigenvalue weighted by Crippen LogP contribution is -2.09. The lowest BCUT2D eigenvalue weighted by Gasteiger charge is -2.05. The number of hydrogen-bond donors (Lipinski definition) is 0. The Hall–Kier alpha value is -1.69. The topological polar surface area (TPSA) is 30.2 Å². The maximum atomic E-state index is 13.0. The average molecular weight is 286 g/mol. The Morgan fingerprint density at radius 1 is 1.42 bits per heavy atom. The molecule has 0 aliphatic rings. The number of alkyl halides is 3. The summed E-state index contributed by atoms with van der Waals surface area (Å²) in [6.07, 6.45) is -2.05. The fraction of sp³-hybridized carbons (Fsp3) is 0.154. The van der Waals surface area contributed by atoms with E-state index in [1.54, 1.807) is 12.3 Å². The molecule has 1 heterocycles. The van der Waals surface area contributed by atoms with Crippen LogP contribution in [0.4, 0.5) is 13.2 Å². The predicted molar refractivity (Wildman–Crippen MR) is 67.5 cm³/mol. The van der Waals surface area contributed by atoms with Gasteiger partial charge in [-0.1, -0.05) is 6.58 Å². The molecule has 2 rings (SSSR count). The van der Waals surface area contributed by atoms with Crippen LogP contribution in [0.25, 0.3) is 11.0 Å². The van der Waals surface area contributed by atoms with Crippen LogP contribution >= 0.6 is 11.8 Å². The van der Waals surface area contributed by atoms with E-state index in [0.717, 1.165) is 11.0 Å². The first-order valence-electron chi connectivity index (χ1n) is 5.23. The SMILES string of the molecule is C=CC(=O)c1oc2cc(SC)ccc2c1C(F)(F)F. The molecule has 0 bridgehead atoms. The summed E-state index contributed by atoms with van der Waals surface area (Å²) < 4.78 is 44.2. The molecule has 0 aliphatic heterocycles. The molecule has 6 heteroatoms. The fourth-order valence-corrected chi connectivity index (χ4v) is 2.18. The molecule has 19 heavy (non-hydrogen) atoms. The van der Waals surface area contributed by atoms with Gasteiger partial charge in [0.2, 0.25) is 5.78 Å². The van der Waals surface area contributed by atoms with E-state index in [4.69, 9.17) is 4.42 Å². The molecule has 0 atom stereocenters. The summed E-state index contributed by atoms with van der Waals surface area (Å²) in [5, 5.41) is -0.115. The van der Waals surface area contributed by atoms with Gasteiger partial charge in [0.1, 0.15) is 11.1 Å². The molecule has 0 spiro atoms. The zero-order valence-corrected chi connectivity index (χ0v) is 10.7. The summed E-state index contributed by atoms with van der Waals surface area (Å²) in [5.41, 5.74) is -0.996. The minimum absolute atomic E-state index is 0.0457. The van der Waals surface area contributed by atoms with Crippen molar-refractivity contribution < 1.29 is 22.4 Å². The van der Waals surface area contributed by atoms with Gasteiger partial charge in [0.15, 0.2) is 5.76 Å². The van der Waals surface area contributed by atoms with Crippen LogP contribution in [0, 0.1) is 0 Å².